The summed E-state index contributed by atoms with van der Waals surface area (Å²) in [5, 5.41) is 20.1. The first-order chi connectivity index (χ1) is 13.7. The minimum Gasteiger partial charge on any atom is -0.358 e. The second kappa shape index (κ2) is 12.9. The molecule has 0 spiro atoms. The minimum absolute atomic E-state index is 0. The van der Waals surface area contributed by atoms with Crippen LogP contribution in [0.3, 0.4) is 0 Å². The number of hydrogen-bond donors (Lipinski definition) is 0. The van der Waals surface area contributed by atoms with Gasteiger partial charge in [-0.1, -0.05) is 59.2 Å². The summed E-state index contributed by atoms with van der Waals surface area (Å²) in [6.45, 7) is 24.8. The normalized spacial score (nSPS) is 12.3. The first-order valence-corrected chi connectivity index (χ1v) is 12.3. The van der Waals surface area contributed by atoms with E-state index in [4.69, 9.17) is 10.6 Å². The third-order valence-corrected chi connectivity index (χ3v) is 6.14. The molecule has 0 N–H and O–H groups in total. The van der Waals surface area contributed by atoms with Gasteiger partial charge in [-0.25, -0.2) is 6.17 Å². The molecule has 0 aliphatic rings. The van der Waals surface area contributed by atoms with Crippen molar-refractivity contribution in [1.29, 1.82) is 0 Å². The summed E-state index contributed by atoms with van der Waals surface area (Å²) in [6.07, 6.45) is -0.309. The molecule has 0 unspecified atom stereocenters. The Balaban J connectivity index is 0. The molecule has 8 heteroatoms. The summed E-state index contributed by atoms with van der Waals surface area (Å²) in [6, 6.07) is 6.46. The molecule has 0 heterocycles. The molecule has 0 aliphatic heterocycles. The van der Waals surface area contributed by atoms with Crippen molar-refractivity contribution in [1.82, 2.24) is 0 Å². The van der Waals surface area contributed by atoms with Crippen LogP contribution < -0.4 is 0 Å². The van der Waals surface area contributed by atoms with Gasteiger partial charge in [0.05, 0.1) is 4.92 Å². The number of nitro groups is 1. The molecule has 0 aliphatic carbocycles. The fourth-order valence-corrected chi connectivity index (χ4v) is 3.25. The Kier molecular flexibility index (Phi) is 13.3. The van der Waals surface area contributed by atoms with Crippen molar-refractivity contribution in [3.8, 4) is 0 Å². The molecule has 0 fully saturated rings. The zero-order valence-corrected chi connectivity index (χ0v) is 24.4. The third kappa shape index (κ3) is 18.4. The van der Waals surface area contributed by atoms with E-state index < -0.39 is 23.1 Å². The Morgan fingerprint density at radius 1 is 0.781 bits per heavy atom. The zero-order valence-electron chi connectivity index (χ0n) is 22.3. The number of nitrogens with zero attached hydrogens (tertiary/aromatic N) is 5. The molecular formula is C24H44MoN5O2-3. The Bertz CT molecular complexity index is 724. The summed E-state index contributed by atoms with van der Waals surface area (Å²) in [5.41, 5.74) is 0.732. The summed E-state index contributed by atoms with van der Waals surface area (Å²) in [7, 11) is 0. The molecule has 1 rings (SSSR count). The van der Waals surface area contributed by atoms with Gasteiger partial charge in [-0.05, 0) is 0 Å². The molecule has 32 heavy (non-hydrogen) atoms. The van der Waals surface area contributed by atoms with E-state index in [0.717, 1.165) is 5.56 Å². The minimum atomic E-state index is -0.473. The predicted octanol–water partition coefficient (Wildman–Crippen LogP) is 8.42. The smallest absolute Gasteiger partial charge is 0.358 e. The molecule has 7 nitrogen and oxygen atoms in total. The van der Waals surface area contributed by atoms with Crippen LogP contribution in [0.1, 0.15) is 94.8 Å². The van der Waals surface area contributed by atoms with Crippen LogP contribution in [0.25, 0.3) is 10.6 Å². The molecule has 1 aromatic carbocycles. The van der Waals surface area contributed by atoms with Gasteiger partial charge in [0.25, 0.3) is 5.69 Å². The van der Waals surface area contributed by atoms with Gasteiger partial charge in [0.15, 0.2) is 0 Å². The number of hydrogen-bond acceptors (Lipinski definition) is 4. The van der Waals surface area contributed by atoms with Crippen LogP contribution in [-0.2, 0) is 18.2 Å². The first kappa shape index (κ1) is 33.0. The Hall–Kier alpha value is -1.17. The van der Waals surface area contributed by atoms with Crippen LogP contribution in [0.15, 0.2) is 31.3 Å². The van der Waals surface area contributed by atoms with E-state index in [1.807, 2.05) is 41.5 Å². The van der Waals surface area contributed by atoms with Crippen LogP contribution in [0.2, 0.25) is 0 Å². The first-order valence-electron chi connectivity index (χ1n) is 10.5. The SMILES string of the molecule is CC(C)(C)[N-]C([N-]C(C)(C)C)c1ccc([N+](=O)[O-])cc1.CC(C)(C)[N]=[Mo]=[N]C(C)(C)C.[CH3-]. The molecule has 0 amide bonds. The Labute approximate surface area is 204 Å². The largest absolute Gasteiger partial charge is 0.358 e. The average Bonchev–Trinajstić information content (AvgIpc) is 2.49. The maximum Gasteiger partial charge on any atom is -0.358 e. The second-order valence-corrected chi connectivity index (χ2v) is 12.7. The fourth-order valence-electron chi connectivity index (χ4n) is 1.95. The van der Waals surface area contributed by atoms with Crippen LogP contribution in [0.4, 0.5) is 5.69 Å². The maximum atomic E-state index is 10.7. The van der Waals surface area contributed by atoms with E-state index in [-0.39, 0.29) is 41.4 Å². The number of rotatable bonds is 4. The van der Waals surface area contributed by atoms with E-state index in [9.17, 15) is 10.1 Å². The van der Waals surface area contributed by atoms with Gasteiger partial charge in [-0.3, -0.25) is 10.1 Å². The average molecular weight is 531 g/mol. The summed E-state index contributed by atoms with van der Waals surface area (Å²) in [4.78, 5) is 10.3. The van der Waals surface area contributed by atoms with Crippen LogP contribution in [0.5, 0.6) is 0 Å². The maximum absolute atomic E-state index is 10.7. The van der Waals surface area contributed by atoms with Gasteiger partial charge < -0.3 is 18.1 Å². The van der Waals surface area contributed by atoms with Gasteiger partial charge >= 0.3 is 77.8 Å². The third-order valence-electron chi connectivity index (χ3n) is 3.05. The molecule has 0 saturated heterocycles. The van der Waals surface area contributed by atoms with E-state index in [1.54, 1.807) is 12.1 Å². The standard InChI is InChI=1S/C15H23N3O2.2C4H9N.CH3.Mo/c1-14(2,3)16-13(17-15(4,5)6)11-7-9-12(10-8-11)18(19)20;2*1-4(2,3)5;;/h7-10,13H,1-6H3;2*1-3H3;1H3;/q-2;;;-1;. The van der Waals surface area contributed by atoms with E-state index in [1.165, 1.54) is 12.1 Å². The summed E-state index contributed by atoms with van der Waals surface area (Å²) < 4.78 is 9.01. The quantitative estimate of drug-likeness (QED) is 0.169. The van der Waals surface area contributed by atoms with E-state index in [0.29, 0.717) is 0 Å². The zero-order chi connectivity index (χ0) is 24.7. The molecule has 0 bridgehead atoms. The van der Waals surface area contributed by atoms with E-state index in [2.05, 4.69) is 48.5 Å². The van der Waals surface area contributed by atoms with Crippen molar-refractivity contribution >= 4 is 5.69 Å². The summed E-state index contributed by atoms with van der Waals surface area (Å²) in [5.74, 6) is 0. The van der Waals surface area contributed by atoms with Gasteiger partial charge in [0, 0.05) is 12.1 Å². The van der Waals surface area contributed by atoms with Crippen molar-refractivity contribution in [2.45, 2.75) is 111 Å². The number of benzene rings is 1. The second-order valence-electron chi connectivity index (χ2n) is 11.4. The monoisotopic (exact) mass is 532 g/mol. The van der Waals surface area contributed by atoms with Gasteiger partial charge in [0.1, 0.15) is 0 Å². The Morgan fingerprint density at radius 3 is 1.38 bits per heavy atom. The van der Waals surface area contributed by atoms with Crippen molar-refractivity contribution in [2.24, 2.45) is 6.99 Å². The van der Waals surface area contributed by atoms with Crippen LogP contribution >= 0.6 is 0 Å². The van der Waals surface area contributed by atoms with Crippen LogP contribution in [-0.4, -0.2) is 27.1 Å². The van der Waals surface area contributed by atoms with Crippen molar-refractivity contribution < 1.29 is 23.1 Å². The molecule has 0 saturated carbocycles. The predicted molar refractivity (Wildman–Crippen MR) is 133 cm³/mol. The molecule has 1 aromatic rings. The Morgan fingerprint density at radius 2 is 1.12 bits per heavy atom. The van der Waals surface area contributed by atoms with Gasteiger partial charge in [-0.15, -0.1) is 11.1 Å². The molecule has 0 radical (unpaired) electrons. The van der Waals surface area contributed by atoms with Crippen LogP contribution in [0, 0.1) is 17.5 Å². The number of nitro benzene ring substituents is 1. The molecule has 0 atom stereocenters. The van der Waals surface area contributed by atoms with E-state index >= 15 is 0 Å². The van der Waals surface area contributed by atoms with Crippen molar-refractivity contribution in [2.75, 3.05) is 0 Å². The van der Waals surface area contributed by atoms with Crippen molar-refractivity contribution in [3.63, 3.8) is 0 Å². The van der Waals surface area contributed by atoms with Gasteiger partial charge in [-0.2, -0.15) is 0 Å². The molecular weight excluding hydrogens is 486 g/mol. The summed E-state index contributed by atoms with van der Waals surface area (Å²) >= 11 is -0.473. The topological polar surface area (TPSA) is 96.1 Å². The molecule has 186 valence electrons. The fraction of sp³-hybridized carbons (Fsp3) is 0.708. The van der Waals surface area contributed by atoms with Gasteiger partial charge in [0.2, 0.25) is 0 Å². The number of non-ortho nitro benzene ring substituents is 1. The van der Waals surface area contributed by atoms with Crippen molar-refractivity contribution in [3.05, 3.63) is 58.0 Å². The molecule has 0 aromatic heterocycles.